The first kappa shape index (κ1) is 14.5. The number of hydrogen-bond acceptors (Lipinski definition) is 5. The molecule has 1 aromatic carbocycles. The van der Waals surface area contributed by atoms with E-state index in [0.717, 1.165) is 0 Å². The molecule has 0 spiro atoms. The van der Waals surface area contributed by atoms with E-state index in [1.807, 2.05) is 0 Å². The number of carbonyl (C=O) groups is 2. The summed E-state index contributed by atoms with van der Waals surface area (Å²) in [5, 5.41) is 2.76. The van der Waals surface area contributed by atoms with Crippen LogP contribution in [0.5, 0.6) is 0 Å². The minimum Gasteiger partial charge on any atom is -0.459 e. The maximum atomic E-state index is 11.6. The molecule has 3 N–H and O–H groups in total. The second kappa shape index (κ2) is 6.49. The number of hydrogen-bond donors (Lipinski definition) is 2. The topological polar surface area (TPSA) is 85.3 Å². The summed E-state index contributed by atoms with van der Waals surface area (Å²) in [6, 6.07) is 8.05. The van der Waals surface area contributed by atoms with Crippen LogP contribution in [0.25, 0.3) is 0 Å². The van der Waals surface area contributed by atoms with Gasteiger partial charge in [-0.15, -0.1) is 11.8 Å². The zero-order valence-corrected chi connectivity index (χ0v) is 11.8. The zero-order chi connectivity index (χ0) is 14.5. The molecule has 0 atom stereocenters. The second-order valence-electron chi connectivity index (χ2n) is 3.83. The number of halogens is 1. The lowest BCUT2D eigenvalue weighted by Gasteiger charge is -2.05. The molecule has 7 heteroatoms. The van der Waals surface area contributed by atoms with Gasteiger partial charge in [0.05, 0.1) is 12.0 Å². The average Bonchev–Trinajstić information content (AvgIpc) is 2.94. The molecular weight excluding hydrogens is 300 g/mol. The predicted octanol–water partition coefficient (Wildman–Crippen LogP) is 2.56. The zero-order valence-electron chi connectivity index (χ0n) is 10.3. The van der Waals surface area contributed by atoms with Crippen molar-refractivity contribution >= 4 is 40.9 Å². The van der Waals surface area contributed by atoms with Gasteiger partial charge >= 0.3 is 0 Å². The molecule has 0 bridgehead atoms. The number of carbonyl (C=O) groups excluding carboxylic acids is 2. The molecule has 2 rings (SSSR count). The first-order valence-electron chi connectivity index (χ1n) is 5.62. The Morgan fingerprint density at radius 1 is 1.35 bits per heavy atom. The van der Waals surface area contributed by atoms with Crippen LogP contribution in [0.3, 0.4) is 0 Å². The highest BCUT2D eigenvalue weighted by Crippen LogP contribution is 2.27. The van der Waals surface area contributed by atoms with Crippen LogP contribution in [-0.2, 0) is 4.79 Å². The van der Waals surface area contributed by atoms with E-state index in [-0.39, 0.29) is 11.5 Å². The number of nitrogens with two attached hydrogens (primary N) is 1. The molecule has 104 valence electrons. The molecule has 0 aliphatic carbocycles. The largest absolute Gasteiger partial charge is 0.459 e. The third kappa shape index (κ3) is 3.79. The normalized spacial score (nSPS) is 10.2. The van der Waals surface area contributed by atoms with E-state index in [0.29, 0.717) is 15.6 Å². The van der Waals surface area contributed by atoms with Crippen molar-refractivity contribution in [1.29, 1.82) is 0 Å². The Hall–Kier alpha value is -1.92. The summed E-state index contributed by atoms with van der Waals surface area (Å²) < 4.78 is 4.89. The molecular formula is C13H11ClN2O3S. The Balaban J connectivity index is 1.89. The van der Waals surface area contributed by atoms with E-state index < -0.39 is 11.8 Å². The average molecular weight is 311 g/mol. The second-order valence-corrected chi connectivity index (χ2v) is 5.28. The molecule has 0 fully saturated rings. The number of nitrogen functional groups attached to an aromatic ring is 1. The van der Waals surface area contributed by atoms with Gasteiger partial charge in [-0.3, -0.25) is 14.9 Å². The summed E-state index contributed by atoms with van der Waals surface area (Å²) in [5.41, 5.74) is 6.29. The van der Waals surface area contributed by atoms with Gasteiger partial charge in [0, 0.05) is 15.6 Å². The highest BCUT2D eigenvalue weighted by Gasteiger charge is 2.13. The molecule has 5 nitrogen and oxygen atoms in total. The lowest BCUT2D eigenvalue weighted by Crippen LogP contribution is -2.31. The van der Waals surface area contributed by atoms with Crippen molar-refractivity contribution in [2.45, 2.75) is 4.90 Å². The van der Waals surface area contributed by atoms with Crippen LogP contribution in [-0.4, -0.2) is 17.6 Å². The van der Waals surface area contributed by atoms with Gasteiger partial charge in [0.15, 0.2) is 5.76 Å². The van der Waals surface area contributed by atoms with Gasteiger partial charge in [0.25, 0.3) is 5.91 Å². The van der Waals surface area contributed by atoms with E-state index in [1.54, 1.807) is 24.3 Å². The Kier molecular flexibility index (Phi) is 4.70. The molecule has 1 aromatic heterocycles. The molecule has 0 aliphatic heterocycles. The summed E-state index contributed by atoms with van der Waals surface area (Å²) in [6.45, 7) is 0. The van der Waals surface area contributed by atoms with Gasteiger partial charge in [-0.2, -0.15) is 0 Å². The molecule has 0 saturated heterocycles. The lowest BCUT2D eigenvalue weighted by atomic mass is 10.3. The van der Waals surface area contributed by atoms with Gasteiger partial charge < -0.3 is 10.2 Å². The van der Waals surface area contributed by atoms with Gasteiger partial charge in [-0.1, -0.05) is 11.6 Å². The quantitative estimate of drug-likeness (QED) is 0.669. The highest BCUT2D eigenvalue weighted by atomic mass is 35.5. The first-order valence-corrected chi connectivity index (χ1v) is 6.98. The van der Waals surface area contributed by atoms with Gasteiger partial charge in [0.1, 0.15) is 0 Å². The molecule has 0 saturated carbocycles. The number of thioether (sulfide) groups is 1. The maximum absolute atomic E-state index is 11.6. The van der Waals surface area contributed by atoms with Crippen molar-refractivity contribution < 1.29 is 14.0 Å². The van der Waals surface area contributed by atoms with Gasteiger partial charge in [-0.25, -0.2) is 0 Å². The fraction of sp³-hybridized carbons (Fsp3) is 0.0769. The number of imide groups is 1. The smallest absolute Gasteiger partial charge is 0.293 e. The number of anilines is 1. The van der Waals surface area contributed by atoms with Crippen LogP contribution in [0.4, 0.5) is 5.69 Å². The molecule has 20 heavy (non-hydrogen) atoms. The summed E-state index contributed by atoms with van der Waals surface area (Å²) >= 11 is 7.05. The Morgan fingerprint density at radius 3 is 2.85 bits per heavy atom. The van der Waals surface area contributed by atoms with Crippen LogP contribution in [0, 0.1) is 0 Å². The van der Waals surface area contributed by atoms with E-state index in [1.165, 1.54) is 24.1 Å². The molecule has 2 amide bonds. The van der Waals surface area contributed by atoms with E-state index in [2.05, 4.69) is 5.32 Å². The van der Waals surface area contributed by atoms with Gasteiger partial charge in [-0.05, 0) is 30.3 Å². The minimum absolute atomic E-state index is 0.0526. The van der Waals surface area contributed by atoms with Crippen LogP contribution in [0.2, 0.25) is 5.02 Å². The van der Waals surface area contributed by atoms with Crippen molar-refractivity contribution in [1.82, 2.24) is 5.32 Å². The molecule has 0 unspecified atom stereocenters. The Bertz CT molecular complexity index is 629. The standard InChI is InChI=1S/C13H11ClN2O3S/c14-8-3-4-9(15)11(6-8)20-7-12(17)16-13(18)10-2-1-5-19-10/h1-6H,7,15H2,(H,16,17,18). The monoisotopic (exact) mass is 310 g/mol. The number of benzene rings is 1. The number of rotatable bonds is 4. The lowest BCUT2D eigenvalue weighted by molar-refractivity contribution is -0.117. The molecule has 1 heterocycles. The fourth-order valence-corrected chi connectivity index (χ4v) is 2.45. The maximum Gasteiger partial charge on any atom is 0.293 e. The fourth-order valence-electron chi connectivity index (χ4n) is 1.41. The number of nitrogens with one attached hydrogen (secondary N) is 1. The van der Waals surface area contributed by atoms with Crippen molar-refractivity contribution in [3.63, 3.8) is 0 Å². The van der Waals surface area contributed by atoms with Crippen LogP contribution in [0.15, 0.2) is 45.9 Å². The summed E-state index contributed by atoms with van der Waals surface area (Å²) in [6.07, 6.45) is 1.36. The van der Waals surface area contributed by atoms with Crippen LogP contribution in [0.1, 0.15) is 10.6 Å². The Labute approximate surface area is 124 Å². The number of amides is 2. The first-order chi connectivity index (χ1) is 9.56. The Morgan fingerprint density at radius 2 is 2.15 bits per heavy atom. The van der Waals surface area contributed by atoms with Crippen LogP contribution < -0.4 is 11.1 Å². The van der Waals surface area contributed by atoms with Crippen molar-refractivity contribution in [3.05, 3.63) is 47.4 Å². The van der Waals surface area contributed by atoms with Crippen molar-refractivity contribution in [2.24, 2.45) is 0 Å². The molecule has 0 radical (unpaired) electrons. The third-order valence-corrected chi connectivity index (χ3v) is 3.64. The van der Waals surface area contributed by atoms with E-state index >= 15 is 0 Å². The number of furan rings is 1. The summed E-state index contributed by atoms with van der Waals surface area (Å²) in [5.74, 6) is -0.863. The van der Waals surface area contributed by atoms with Crippen molar-refractivity contribution in [2.75, 3.05) is 11.5 Å². The molecule has 0 aliphatic rings. The highest BCUT2D eigenvalue weighted by molar-refractivity contribution is 8.00. The van der Waals surface area contributed by atoms with Gasteiger partial charge in [0.2, 0.25) is 5.91 Å². The minimum atomic E-state index is -0.570. The SMILES string of the molecule is Nc1ccc(Cl)cc1SCC(=O)NC(=O)c1ccco1. The van der Waals surface area contributed by atoms with E-state index in [4.69, 9.17) is 21.8 Å². The summed E-state index contributed by atoms with van der Waals surface area (Å²) in [4.78, 5) is 23.9. The summed E-state index contributed by atoms with van der Waals surface area (Å²) in [7, 11) is 0. The van der Waals surface area contributed by atoms with E-state index in [9.17, 15) is 9.59 Å². The van der Waals surface area contributed by atoms with Crippen molar-refractivity contribution in [3.8, 4) is 0 Å². The van der Waals surface area contributed by atoms with Crippen LogP contribution >= 0.6 is 23.4 Å². The third-order valence-electron chi connectivity index (χ3n) is 2.33. The predicted molar refractivity (Wildman–Crippen MR) is 77.8 cm³/mol. The molecule has 2 aromatic rings.